The van der Waals surface area contributed by atoms with E-state index >= 15 is 0 Å². The minimum Gasteiger partial charge on any atom is -0.495 e. The van der Waals surface area contributed by atoms with Crippen LogP contribution < -0.4 is 14.8 Å². The highest BCUT2D eigenvalue weighted by Gasteiger charge is 2.28. The van der Waals surface area contributed by atoms with E-state index in [1.165, 1.54) is 18.5 Å². The second-order valence-corrected chi connectivity index (χ2v) is 10.7. The van der Waals surface area contributed by atoms with Crippen LogP contribution >= 0.6 is 11.6 Å². The number of amides is 1. The lowest BCUT2D eigenvalue weighted by Crippen LogP contribution is -2.48. The van der Waals surface area contributed by atoms with Gasteiger partial charge in [-0.25, -0.2) is 8.42 Å². The fourth-order valence-corrected chi connectivity index (χ4v) is 5.72. The first-order chi connectivity index (χ1) is 17.3. The van der Waals surface area contributed by atoms with Gasteiger partial charge in [-0.15, -0.1) is 0 Å². The topological polar surface area (TPSA) is 88.2 Å². The molecular weight excluding hydrogens is 502 g/mol. The second kappa shape index (κ2) is 11.3. The molecule has 0 spiro atoms. The van der Waals surface area contributed by atoms with E-state index < -0.39 is 10.0 Å². The van der Waals surface area contributed by atoms with Crippen molar-refractivity contribution in [2.45, 2.75) is 11.4 Å². The zero-order valence-electron chi connectivity index (χ0n) is 20.1. The zero-order chi connectivity index (χ0) is 25.7. The van der Waals surface area contributed by atoms with E-state index in [0.717, 1.165) is 5.56 Å². The van der Waals surface area contributed by atoms with Crippen LogP contribution in [0, 0.1) is 0 Å². The number of hydrogen-bond donors (Lipinski definition) is 1. The Morgan fingerprint density at radius 1 is 0.917 bits per heavy atom. The highest BCUT2D eigenvalue weighted by atomic mass is 35.5. The number of hydrogen-bond acceptors (Lipinski definition) is 6. The molecule has 1 saturated heterocycles. The van der Waals surface area contributed by atoms with Crippen LogP contribution in [0.25, 0.3) is 0 Å². The highest BCUT2D eigenvalue weighted by Crippen LogP contribution is 2.36. The molecular formula is C26H28ClN3O5S. The Morgan fingerprint density at radius 3 is 2.17 bits per heavy atom. The molecule has 0 atom stereocenters. The van der Waals surface area contributed by atoms with Crippen molar-refractivity contribution in [3.05, 3.63) is 82.9 Å². The first kappa shape index (κ1) is 26.0. The van der Waals surface area contributed by atoms with Gasteiger partial charge in [-0.1, -0.05) is 41.9 Å². The number of ether oxygens (including phenoxy) is 2. The molecule has 10 heteroatoms. The Labute approximate surface area is 216 Å². The largest absolute Gasteiger partial charge is 0.495 e. The lowest BCUT2D eigenvalue weighted by Gasteiger charge is -2.34. The van der Waals surface area contributed by atoms with E-state index in [2.05, 4.69) is 10.2 Å². The minimum atomic E-state index is -3.47. The smallest absolute Gasteiger partial charge is 0.255 e. The van der Waals surface area contributed by atoms with Crippen LogP contribution in [-0.4, -0.2) is 63.9 Å². The molecule has 8 nitrogen and oxygen atoms in total. The van der Waals surface area contributed by atoms with Gasteiger partial charge in [0.25, 0.3) is 5.91 Å². The van der Waals surface area contributed by atoms with Gasteiger partial charge in [0, 0.05) is 50.4 Å². The average molecular weight is 530 g/mol. The van der Waals surface area contributed by atoms with Crippen molar-refractivity contribution in [2.75, 3.05) is 45.7 Å². The maximum atomic E-state index is 12.8. The maximum Gasteiger partial charge on any atom is 0.255 e. The molecule has 0 aliphatic carbocycles. The summed E-state index contributed by atoms with van der Waals surface area (Å²) in [5.74, 6) is 0.572. The third kappa shape index (κ3) is 5.82. The number of piperazine rings is 1. The molecule has 0 aromatic heterocycles. The van der Waals surface area contributed by atoms with Crippen molar-refractivity contribution in [3.8, 4) is 11.5 Å². The van der Waals surface area contributed by atoms with Gasteiger partial charge in [-0.05, 0) is 29.8 Å². The van der Waals surface area contributed by atoms with Crippen molar-refractivity contribution in [2.24, 2.45) is 0 Å². The number of sulfonamides is 1. The molecule has 0 unspecified atom stereocenters. The molecule has 1 aliphatic rings. The number of halogens is 1. The Hall–Kier alpha value is -3.11. The second-order valence-electron chi connectivity index (χ2n) is 8.33. The standard InChI is InChI=1S/C26H28ClN3O5S/c1-34-24-17-23(25(35-2)16-22(24)27)28-26(31)20-10-8-19(9-11-20)18-29-12-14-30(15-13-29)36(32,33)21-6-4-3-5-7-21/h3-11,16-17H,12-15,18H2,1-2H3,(H,28,31). The van der Waals surface area contributed by atoms with E-state index in [1.54, 1.807) is 54.6 Å². The zero-order valence-corrected chi connectivity index (χ0v) is 21.7. The number of benzene rings is 3. The van der Waals surface area contributed by atoms with Crippen molar-refractivity contribution < 1.29 is 22.7 Å². The predicted molar refractivity (Wildman–Crippen MR) is 139 cm³/mol. The third-order valence-electron chi connectivity index (χ3n) is 6.06. The Morgan fingerprint density at radius 2 is 1.56 bits per heavy atom. The molecule has 0 bridgehead atoms. The van der Waals surface area contributed by atoms with Gasteiger partial charge in [0.15, 0.2) is 0 Å². The Bertz CT molecular complexity index is 1310. The summed E-state index contributed by atoms with van der Waals surface area (Å²) in [6.07, 6.45) is 0. The van der Waals surface area contributed by atoms with Crippen LogP contribution in [-0.2, 0) is 16.6 Å². The number of methoxy groups -OCH3 is 2. The molecule has 3 aromatic carbocycles. The van der Waals surface area contributed by atoms with Crippen LogP contribution in [0.2, 0.25) is 5.02 Å². The van der Waals surface area contributed by atoms with Crippen LogP contribution in [0.3, 0.4) is 0 Å². The van der Waals surface area contributed by atoms with Crippen LogP contribution in [0.5, 0.6) is 11.5 Å². The monoisotopic (exact) mass is 529 g/mol. The van der Waals surface area contributed by atoms with Crippen molar-refractivity contribution in [3.63, 3.8) is 0 Å². The fraction of sp³-hybridized carbons (Fsp3) is 0.269. The maximum absolute atomic E-state index is 12.8. The SMILES string of the molecule is COc1cc(NC(=O)c2ccc(CN3CCN(S(=O)(=O)c4ccccc4)CC3)cc2)c(OC)cc1Cl. The summed E-state index contributed by atoms with van der Waals surface area (Å²) in [4.78, 5) is 15.3. The van der Waals surface area contributed by atoms with Gasteiger partial charge in [-0.2, -0.15) is 4.31 Å². The van der Waals surface area contributed by atoms with E-state index in [1.807, 2.05) is 12.1 Å². The molecule has 1 fully saturated rings. The number of nitrogens with zero attached hydrogens (tertiary/aromatic N) is 2. The predicted octanol–water partition coefficient (Wildman–Crippen LogP) is 4.12. The number of rotatable bonds is 8. The fourth-order valence-electron chi connectivity index (χ4n) is 4.04. The van der Waals surface area contributed by atoms with Gasteiger partial charge in [0.05, 0.1) is 29.8 Å². The molecule has 4 rings (SSSR count). The summed E-state index contributed by atoms with van der Waals surface area (Å²) in [5.41, 5.74) is 1.99. The van der Waals surface area contributed by atoms with Crippen molar-refractivity contribution in [1.82, 2.24) is 9.21 Å². The average Bonchev–Trinajstić information content (AvgIpc) is 2.90. The number of carbonyl (C=O) groups is 1. The highest BCUT2D eigenvalue weighted by molar-refractivity contribution is 7.89. The van der Waals surface area contributed by atoms with Gasteiger partial charge < -0.3 is 14.8 Å². The number of anilines is 1. The lowest BCUT2D eigenvalue weighted by molar-refractivity contribution is 0.102. The van der Waals surface area contributed by atoms with E-state index in [4.69, 9.17) is 21.1 Å². The normalized spacial score (nSPS) is 14.9. The molecule has 1 heterocycles. The molecule has 1 aliphatic heterocycles. The summed E-state index contributed by atoms with van der Waals surface area (Å²) < 4.78 is 37.7. The quantitative estimate of drug-likeness (QED) is 0.472. The molecule has 1 amide bonds. The molecule has 1 N–H and O–H groups in total. The van der Waals surface area contributed by atoms with E-state index in [0.29, 0.717) is 65.4 Å². The summed E-state index contributed by atoms with van der Waals surface area (Å²) in [6, 6.07) is 19.1. The van der Waals surface area contributed by atoms with E-state index in [-0.39, 0.29) is 5.91 Å². The molecule has 0 radical (unpaired) electrons. The number of carbonyl (C=O) groups excluding carboxylic acids is 1. The molecule has 36 heavy (non-hydrogen) atoms. The van der Waals surface area contributed by atoms with Crippen LogP contribution in [0.15, 0.2) is 71.6 Å². The lowest BCUT2D eigenvalue weighted by atomic mass is 10.1. The van der Waals surface area contributed by atoms with Gasteiger partial charge >= 0.3 is 0 Å². The summed E-state index contributed by atoms with van der Waals surface area (Å²) in [5, 5.41) is 3.22. The summed E-state index contributed by atoms with van der Waals surface area (Å²) in [6.45, 7) is 2.80. The van der Waals surface area contributed by atoms with Gasteiger partial charge in [0.2, 0.25) is 10.0 Å². The van der Waals surface area contributed by atoms with Crippen molar-refractivity contribution in [1.29, 1.82) is 0 Å². The first-order valence-electron chi connectivity index (χ1n) is 11.4. The van der Waals surface area contributed by atoms with Crippen molar-refractivity contribution >= 4 is 33.2 Å². The first-order valence-corrected chi connectivity index (χ1v) is 13.2. The Balaban J connectivity index is 1.35. The summed E-state index contributed by atoms with van der Waals surface area (Å²) >= 11 is 6.14. The van der Waals surface area contributed by atoms with Gasteiger partial charge in [-0.3, -0.25) is 9.69 Å². The molecule has 0 saturated carbocycles. The van der Waals surface area contributed by atoms with Crippen LogP contribution in [0.4, 0.5) is 5.69 Å². The minimum absolute atomic E-state index is 0.288. The Kier molecular flexibility index (Phi) is 8.15. The van der Waals surface area contributed by atoms with E-state index in [9.17, 15) is 13.2 Å². The third-order valence-corrected chi connectivity index (χ3v) is 8.26. The van der Waals surface area contributed by atoms with Crippen LogP contribution in [0.1, 0.15) is 15.9 Å². The molecule has 3 aromatic rings. The number of nitrogens with one attached hydrogen (secondary N) is 1. The molecule has 190 valence electrons. The summed E-state index contributed by atoms with van der Waals surface area (Å²) in [7, 11) is -0.474. The van der Waals surface area contributed by atoms with Gasteiger partial charge in [0.1, 0.15) is 11.5 Å².